The van der Waals surface area contributed by atoms with E-state index in [1.165, 1.54) is 11.8 Å². The summed E-state index contributed by atoms with van der Waals surface area (Å²) in [6.45, 7) is 0.896. The van der Waals surface area contributed by atoms with Crippen molar-refractivity contribution < 1.29 is 9.53 Å². The predicted molar refractivity (Wildman–Crippen MR) is 151 cm³/mol. The largest absolute Gasteiger partial charge is 0.488 e. The van der Waals surface area contributed by atoms with Crippen molar-refractivity contribution in [2.24, 2.45) is 4.99 Å². The summed E-state index contributed by atoms with van der Waals surface area (Å²) >= 11 is 4.85. The minimum atomic E-state index is -0.0683. The number of ether oxygens (including phenoxy) is 1. The second-order valence-corrected chi connectivity index (χ2v) is 10.1. The van der Waals surface area contributed by atoms with Crippen molar-refractivity contribution in [1.29, 1.82) is 0 Å². The van der Waals surface area contributed by atoms with Crippen molar-refractivity contribution in [2.45, 2.75) is 13.2 Å². The molecule has 0 N–H and O–H groups in total. The highest BCUT2D eigenvalue weighted by Crippen LogP contribution is 2.36. The van der Waals surface area contributed by atoms with Gasteiger partial charge < -0.3 is 4.74 Å². The molecule has 4 nitrogen and oxygen atoms in total. The Morgan fingerprint density at radius 1 is 0.806 bits per heavy atom. The number of aliphatic imine (C=N–C) groups is 1. The van der Waals surface area contributed by atoms with Crippen LogP contribution in [0.3, 0.4) is 0 Å². The Balaban J connectivity index is 1.43. The Morgan fingerprint density at radius 3 is 2.22 bits per heavy atom. The monoisotopic (exact) mass is 554 g/mol. The predicted octanol–water partition coefficient (Wildman–Crippen LogP) is 7.83. The quantitative estimate of drug-likeness (QED) is 0.218. The molecule has 1 saturated heterocycles. The van der Waals surface area contributed by atoms with Gasteiger partial charge in [0.2, 0.25) is 0 Å². The van der Waals surface area contributed by atoms with Crippen molar-refractivity contribution in [3.05, 3.63) is 135 Å². The molecule has 36 heavy (non-hydrogen) atoms. The highest BCUT2D eigenvalue weighted by Gasteiger charge is 2.33. The van der Waals surface area contributed by atoms with E-state index in [1.807, 2.05) is 115 Å². The number of amidine groups is 1. The first kappa shape index (κ1) is 24.1. The van der Waals surface area contributed by atoms with Gasteiger partial charge in [0.25, 0.3) is 5.91 Å². The van der Waals surface area contributed by atoms with Crippen molar-refractivity contribution in [3.8, 4) is 5.75 Å². The Labute approximate surface area is 223 Å². The number of hydrogen-bond donors (Lipinski definition) is 0. The van der Waals surface area contributed by atoms with Crippen LogP contribution in [0.25, 0.3) is 6.08 Å². The van der Waals surface area contributed by atoms with E-state index in [0.717, 1.165) is 32.6 Å². The fourth-order valence-corrected chi connectivity index (χ4v) is 4.98. The van der Waals surface area contributed by atoms with Gasteiger partial charge in [-0.05, 0) is 59.3 Å². The third-order valence-electron chi connectivity index (χ3n) is 5.57. The number of rotatable bonds is 7. The maximum absolute atomic E-state index is 13.5. The van der Waals surface area contributed by atoms with E-state index in [2.05, 4.69) is 15.9 Å². The molecule has 0 bridgehead atoms. The average Bonchev–Trinajstić information content (AvgIpc) is 3.19. The molecule has 0 atom stereocenters. The number of carbonyl (C=O) groups is 1. The van der Waals surface area contributed by atoms with Crippen molar-refractivity contribution in [2.75, 3.05) is 0 Å². The molecule has 0 aromatic heterocycles. The van der Waals surface area contributed by atoms with Crippen LogP contribution in [0.5, 0.6) is 5.75 Å². The average molecular weight is 555 g/mol. The molecular weight excluding hydrogens is 532 g/mol. The molecule has 0 spiro atoms. The molecule has 4 aromatic carbocycles. The number of para-hydroxylation sites is 2. The Kier molecular flexibility index (Phi) is 7.64. The van der Waals surface area contributed by atoms with Gasteiger partial charge in [-0.3, -0.25) is 9.69 Å². The maximum atomic E-state index is 13.5. The second-order valence-electron chi connectivity index (χ2n) is 8.17. The summed E-state index contributed by atoms with van der Waals surface area (Å²) in [5.41, 5.74) is 3.78. The van der Waals surface area contributed by atoms with E-state index in [-0.39, 0.29) is 5.91 Å². The van der Waals surface area contributed by atoms with Gasteiger partial charge in [0, 0.05) is 10.0 Å². The van der Waals surface area contributed by atoms with Gasteiger partial charge in [-0.2, -0.15) is 0 Å². The molecule has 0 saturated carbocycles. The zero-order valence-corrected chi connectivity index (χ0v) is 21.8. The minimum Gasteiger partial charge on any atom is -0.488 e. The lowest BCUT2D eigenvalue weighted by atomic mass is 10.1. The molecule has 5 rings (SSSR count). The first-order valence-electron chi connectivity index (χ1n) is 11.5. The van der Waals surface area contributed by atoms with E-state index in [4.69, 9.17) is 9.73 Å². The number of hydrogen-bond acceptors (Lipinski definition) is 4. The lowest BCUT2D eigenvalue weighted by Gasteiger charge is -2.15. The van der Waals surface area contributed by atoms with Crippen molar-refractivity contribution >= 4 is 50.5 Å². The minimum absolute atomic E-state index is 0.0683. The number of halogens is 1. The van der Waals surface area contributed by atoms with Crippen LogP contribution in [-0.4, -0.2) is 16.0 Å². The van der Waals surface area contributed by atoms with E-state index in [9.17, 15) is 4.79 Å². The van der Waals surface area contributed by atoms with Gasteiger partial charge in [0.1, 0.15) is 12.4 Å². The van der Waals surface area contributed by atoms with Gasteiger partial charge in [0.05, 0.1) is 17.1 Å². The van der Waals surface area contributed by atoms with Crippen LogP contribution in [0.1, 0.15) is 16.7 Å². The maximum Gasteiger partial charge on any atom is 0.267 e. The van der Waals surface area contributed by atoms with Gasteiger partial charge in [0.15, 0.2) is 5.17 Å². The summed E-state index contributed by atoms with van der Waals surface area (Å²) in [5.74, 6) is 0.658. The number of amides is 1. The van der Waals surface area contributed by atoms with Crippen LogP contribution < -0.4 is 4.74 Å². The molecule has 6 heteroatoms. The zero-order chi connectivity index (χ0) is 24.7. The third kappa shape index (κ3) is 5.96. The molecule has 0 aliphatic carbocycles. The molecule has 4 aromatic rings. The van der Waals surface area contributed by atoms with Crippen LogP contribution in [0, 0.1) is 0 Å². The van der Waals surface area contributed by atoms with Gasteiger partial charge >= 0.3 is 0 Å². The van der Waals surface area contributed by atoms with Crippen LogP contribution in [0.15, 0.2) is 124 Å². The SMILES string of the molecule is O=C1/C(=C/c2ccccc2OCc2ccc(Br)cc2)SC(=Nc2ccccc2)N1Cc1ccccc1. The lowest BCUT2D eigenvalue weighted by molar-refractivity contribution is -0.122. The van der Waals surface area contributed by atoms with Crippen LogP contribution >= 0.6 is 27.7 Å². The number of benzene rings is 4. The molecule has 0 unspecified atom stereocenters. The lowest BCUT2D eigenvalue weighted by Crippen LogP contribution is -2.28. The molecule has 0 radical (unpaired) electrons. The molecule has 178 valence electrons. The Hall–Kier alpha value is -3.61. The van der Waals surface area contributed by atoms with Gasteiger partial charge in [-0.15, -0.1) is 0 Å². The van der Waals surface area contributed by atoms with Crippen LogP contribution in [0.4, 0.5) is 5.69 Å². The molecule has 1 fully saturated rings. The summed E-state index contributed by atoms with van der Waals surface area (Å²) in [4.78, 5) is 20.7. The summed E-state index contributed by atoms with van der Waals surface area (Å²) in [7, 11) is 0. The zero-order valence-electron chi connectivity index (χ0n) is 19.4. The normalized spacial score (nSPS) is 15.6. The Bertz CT molecular complexity index is 1400. The standard InChI is InChI=1S/C30H23BrN2O2S/c31-25-17-15-23(16-18-25)21-35-27-14-8-7-11-24(27)19-28-29(34)33(20-22-9-3-1-4-10-22)30(36-28)32-26-12-5-2-6-13-26/h1-19H,20-21H2/b28-19-,32-30?. The molecule has 1 aliphatic heterocycles. The van der Waals surface area contributed by atoms with Crippen LogP contribution in [-0.2, 0) is 17.9 Å². The van der Waals surface area contributed by atoms with E-state index < -0.39 is 0 Å². The van der Waals surface area contributed by atoms with Gasteiger partial charge in [-0.25, -0.2) is 4.99 Å². The number of nitrogens with zero attached hydrogens (tertiary/aromatic N) is 2. The number of thioether (sulfide) groups is 1. The molecule has 1 heterocycles. The highest BCUT2D eigenvalue weighted by atomic mass is 79.9. The van der Waals surface area contributed by atoms with Crippen molar-refractivity contribution in [3.63, 3.8) is 0 Å². The van der Waals surface area contributed by atoms with E-state index in [0.29, 0.717) is 23.2 Å². The summed E-state index contributed by atoms with van der Waals surface area (Å²) in [5, 5.41) is 0.662. The van der Waals surface area contributed by atoms with Crippen molar-refractivity contribution in [1.82, 2.24) is 4.90 Å². The molecule has 1 amide bonds. The fraction of sp³-hybridized carbons (Fsp3) is 0.0667. The highest BCUT2D eigenvalue weighted by molar-refractivity contribution is 9.10. The van der Waals surface area contributed by atoms with Crippen LogP contribution in [0.2, 0.25) is 0 Å². The summed E-state index contributed by atoms with van der Waals surface area (Å²) < 4.78 is 7.16. The second kappa shape index (κ2) is 11.4. The van der Waals surface area contributed by atoms with Gasteiger partial charge in [-0.1, -0.05) is 94.8 Å². The molecular formula is C30H23BrN2O2S. The first-order valence-corrected chi connectivity index (χ1v) is 13.1. The summed E-state index contributed by atoms with van der Waals surface area (Å²) in [6, 6.07) is 35.5. The first-order chi connectivity index (χ1) is 17.7. The molecule has 1 aliphatic rings. The number of carbonyl (C=O) groups excluding carboxylic acids is 1. The van der Waals surface area contributed by atoms with E-state index >= 15 is 0 Å². The fourth-order valence-electron chi connectivity index (χ4n) is 3.72. The summed E-state index contributed by atoms with van der Waals surface area (Å²) in [6.07, 6.45) is 1.90. The smallest absolute Gasteiger partial charge is 0.267 e. The Morgan fingerprint density at radius 2 is 1.47 bits per heavy atom. The topological polar surface area (TPSA) is 41.9 Å². The third-order valence-corrected chi connectivity index (χ3v) is 7.10. The van der Waals surface area contributed by atoms with E-state index in [1.54, 1.807) is 4.90 Å².